The number of morpholine rings is 1. The Labute approximate surface area is 146 Å². The molecule has 1 fully saturated rings. The average molecular weight is 365 g/mol. The van der Waals surface area contributed by atoms with Gasteiger partial charge in [0.05, 0.1) is 24.7 Å². The third kappa shape index (κ3) is 4.79. The van der Waals surface area contributed by atoms with E-state index >= 15 is 0 Å². The fraction of sp³-hybridized carbons (Fsp3) is 0.375. The van der Waals surface area contributed by atoms with Crippen molar-refractivity contribution in [2.45, 2.75) is 11.8 Å². The van der Waals surface area contributed by atoms with Gasteiger partial charge in [-0.1, -0.05) is 6.07 Å². The molecule has 134 valence electrons. The first-order valence-electron chi connectivity index (χ1n) is 7.71. The molecule has 1 N–H and O–H groups in total. The Morgan fingerprint density at radius 2 is 2.16 bits per heavy atom. The van der Waals surface area contributed by atoms with Gasteiger partial charge in [-0.25, -0.2) is 13.2 Å². The van der Waals surface area contributed by atoms with E-state index < -0.39 is 16.0 Å². The summed E-state index contributed by atoms with van der Waals surface area (Å²) in [6, 6.07) is 7.90. The van der Waals surface area contributed by atoms with Gasteiger partial charge < -0.3 is 14.8 Å². The van der Waals surface area contributed by atoms with Crippen molar-refractivity contribution in [1.29, 1.82) is 5.26 Å². The van der Waals surface area contributed by atoms with Crippen LogP contribution >= 0.6 is 0 Å². The molecule has 2 rings (SSSR count). The van der Waals surface area contributed by atoms with Crippen molar-refractivity contribution >= 4 is 21.7 Å². The van der Waals surface area contributed by atoms with E-state index in [0.717, 1.165) is 0 Å². The Morgan fingerprint density at radius 3 is 2.80 bits per heavy atom. The van der Waals surface area contributed by atoms with Crippen molar-refractivity contribution in [3.05, 3.63) is 36.0 Å². The predicted octanol–water partition coefficient (Wildman–Crippen LogP) is 1.09. The summed E-state index contributed by atoms with van der Waals surface area (Å²) < 4.78 is 36.6. The maximum absolute atomic E-state index is 12.6. The number of nitrogens with one attached hydrogen (secondary N) is 1. The zero-order valence-corrected chi connectivity index (χ0v) is 14.6. The number of nitrogens with zero attached hydrogens (tertiary/aromatic N) is 2. The SMILES string of the molecule is CCOC(=O)/C(C#N)=C/Nc1cccc(S(=O)(=O)N2CCOCC2)c1. The van der Waals surface area contributed by atoms with Crippen molar-refractivity contribution in [1.82, 2.24) is 4.31 Å². The van der Waals surface area contributed by atoms with E-state index in [2.05, 4.69) is 5.32 Å². The van der Waals surface area contributed by atoms with Crippen molar-refractivity contribution in [3.8, 4) is 6.07 Å². The van der Waals surface area contributed by atoms with Crippen LogP contribution in [0.15, 0.2) is 40.9 Å². The van der Waals surface area contributed by atoms with Gasteiger partial charge in [-0.05, 0) is 25.1 Å². The second-order valence-electron chi connectivity index (χ2n) is 5.08. The summed E-state index contributed by atoms with van der Waals surface area (Å²) in [4.78, 5) is 11.7. The number of anilines is 1. The number of carbonyl (C=O) groups excluding carboxylic acids is 1. The highest BCUT2D eigenvalue weighted by atomic mass is 32.2. The van der Waals surface area contributed by atoms with Crippen LogP contribution in [0.3, 0.4) is 0 Å². The molecular formula is C16H19N3O5S. The largest absolute Gasteiger partial charge is 0.462 e. The van der Waals surface area contributed by atoms with Gasteiger partial charge in [-0.2, -0.15) is 9.57 Å². The highest BCUT2D eigenvalue weighted by Gasteiger charge is 2.26. The van der Waals surface area contributed by atoms with Gasteiger partial charge in [0, 0.05) is 25.0 Å². The number of carbonyl (C=O) groups is 1. The molecule has 1 aliphatic heterocycles. The number of esters is 1. The zero-order chi connectivity index (χ0) is 18.3. The molecule has 0 amide bonds. The molecule has 0 atom stereocenters. The lowest BCUT2D eigenvalue weighted by Gasteiger charge is -2.26. The number of hydrogen-bond acceptors (Lipinski definition) is 7. The third-order valence-electron chi connectivity index (χ3n) is 3.44. The Bertz CT molecular complexity index is 792. The van der Waals surface area contributed by atoms with Gasteiger partial charge in [0.2, 0.25) is 10.0 Å². The smallest absolute Gasteiger partial charge is 0.350 e. The molecule has 9 heteroatoms. The van der Waals surface area contributed by atoms with Crippen molar-refractivity contribution in [2.75, 3.05) is 38.2 Å². The summed E-state index contributed by atoms with van der Waals surface area (Å²) in [5, 5.41) is 11.7. The molecule has 25 heavy (non-hydrogen) atoms. The standard InChI is InChI=1S/C16H19N3O5S/c1-2-24-16(20)13(11-17)12-18-14-4-3-5-15(10-14)25(21,22)19-6-8-23-9-7-19/h3-5,10,12,18H,2,6-9H2,1H3/b13-12+. The van der Waals surface area contributed by atoms with Crippen LogP contribution in [0.25, 0.3) is 0 Å². The first-order valence-corrected chi connectivity index (χ1v) is 9.15. The number of sulfonamides is 1. The maximum atomic E-state index is 12.6. The molecule has 1 heterocycles. The first kappa shape index (κ1) is 18.9. The highest BCUT2D eigenvalue weighted by Crippen LogP contribution is 2.20. The summed E-state index contributed by atoms with van der Waals surface area (Å²) in [5.41, 5.74) is 0.231. The van der Waals surface area contributed by atoms with E-state index in [-0.39, 0.29) is 17.1 Å². The van der Waals surface area contributed by atoms with E-state index in [0.29, 0.717) is 32.0 Å². The van der Waals surface area contributed by atoms with Gasteiger partial charge in [0.25, 0.3) is 0 Å². The third-order valence-corrected chi connectivity index (χ3v) is 5.34. The van der Waals surface area contributed by atoms with Gasteiger partial charge >= 0.3 is 5.97 Å². The molecule has 1 aliphatic rings. The molecule has 1 saturated heterocycles. The molecule has 0 radical (unpaired) electrons. The number of rotatable bonds is 6. The van der Waals surface area contributed by atoms with Gasteiger partial charge in [0.15, 0.2) is 5.57 Å². The minimum Gasteiger partial charge on any atom is -0.462 e. The molecule has 0 aromatic heterocycles. The van der Waals surface area contributed by atoms with E-state index in [4.69, 9.17) is 14.7 Å². The predicted molar refractivity (Wildman–Crippen MR) is 90.0 cm³/mol. The number of nitriles is 1. The van der Waals surface area contributed by atoms with E-state index in [1.165, 1.54) is 22.6 Å². The van der Waals surface area contributed by atoms with E-state index in [1.54, 1.807) is 25.1 Å². The van der Waals surface area contributed by atoms with Gasteiger partial charge in [0.1, 0.15) is 6.07 Å². The van der Waals surface area contributed by atoms with E-state index in [9.17, 15) is 13.2 Å². The minimum absolute atomic E-state index is 0.127. The van der Waals surface area contributed by atoms with Crippen LogP contribution in [0.2, 0.25) is 0 Å². The highest BCUT2D eigenvalue weighted by molar-refractivity contribution is 7.89. The number of benzene rings is 1. The van der Waals surface area contributed by atoms with Crippen LogP contribution in [0.5, 0.6) is 0 Å². The maximum Gasteiger partial charge on any atom is 0.350 e. The minimum atomic E-state index is -3.62. The average Bonchev–Trinajstić information content (AvgIpc) is 2.63. The zero-order valence-electron chi connectivity index (χ0n) is 13.8. The normalized spacial score (nSPS) is 16.1. The van der Waals surface area contributed by atoms with Gasteiger partial charge in [-0.15, -0.1) is 0 Å². The van der Waals surface area contributed by atoms with Crippen LogP contribution in [0, 0.1) is 11.3 Å². The lowest BCUT2D eigenvalue weighted by molar-refractivity contribution is -0.138. The Kier molecular flexibility index (Phi) is 6.52. The van der Waals surface area contributed by atoms with Crippen LogP contribution < -0.4 is 5.32 Å². The van der Waals surface area contributed by atoms with Gasteiger partial charge in [-0.3, -0.25) is 0 Å². The molecule has 0 unspecified atom stereocenters. The van der Waals surface area contributed by atoms with Crippen molar-refractivity contribution < 1.29 is 22.7 Å². The number of hydrogen-bond donors (Lipinski definition) is 1. The summed E-state index contributed by atoms with van der Waals surface area (Å²) in [5.74, 6) is -0.741. The summed E-state index contributed by atoms with van der Waals surface area (Å²) >= 11 is 0. The molecule has 0 spiro atoms. The molecule has 8 nitrogen and oxygen atoms in total. The molecule has 0 saturated carbocycles. The Morgan fingerprint density at radius 1 is 1.44 bits per heavy atom. The molecule has 1 aromatic rings. The quantitative estimate of drug-likeness (QED) is 0.456. The molecular weight excluding hydrogens is 346 g/mol. The topological polar surface area (TPSA) is 109 Å². The summed E-state index contributed by atoms with van der Waals surface area (Å²) in [6.07, 6.45) is 1.19. The lowest BCUT2D eigenvalue weighted by atomic mass is 10.3. The number of ether oxygens (including phenoxy) is 2. The van der Waals surface area contributed by atoms with E-state index in [1.807, 2.05) is 0 Å². The van der Waals surface area contributed by atoms with Crippen molar-refractivity contribution in [2.24, 2.45) is 0 Å². The van der Waals surface area contributed by atoms with Crippen LogP contribution in [0.4, 0.5) is 5.69 Å². The molecule has 0 aliphatic carbocycles. The first-order chi connectivity index (χ1) is 12.0. The summed E-state index contributed by atoms with van der Waals surface area (Å²) in [6.45, 7) is 3.14. The fourth-order valence-electron chi connectivity index (χ4n) is 2.18. The monoisotopic (exact) mass is 365 g/mol. The Hall–Kier alpha value is -2.41. The fourth-order valence-corrected chi connectivity index (χ4v) is 3.64. The van der Waals surface area contributed by atoms with Crippen LogP contribution in [-0.4, -0.2) is 51.6 Å². The van der Waals surface area contributed by atoms with Crippen molar-refractivity contribution in [3.63, 3.8) is 0 Å². The molecule has 1 aromatic carbocycles. The lowest BCUT2D eigenvalue weighted by Crippen LogP contribution is -2.40. The molecule has 0 bridgehead atoms. The Balaban J connectivity index is 2.18. The second kappa shape index (κ2) is 8.62. The van der Waals surface area contributed by atoms with Crippen LogP contribution in [0.1, 0.15) is 6.92 Å². The van der Waals surface area contributed by atoms with Crippen LogP contribution in [-0.2, 0) is 24.3 Å². The second-order valence-corrected chi connectivity index (χ2v) is 7.02. The summed E-state index contributed by atoms with van der Waals surface area (Å²) in [7, 11) is -3.62.